The number of rotatable bonds is 3. The highest BCUT2D eigenvalue weighted by molar-refractivity contribution is 5.22. The molecular weight excluding hydrogens is 214 g/mol. The van der Waals surface area contributed by atoms with E-state index >= 15 is 0 Å². The molecule has 0 spiro atoms. The van der Waals surface area contributed by atoms with Crippen molar-refractivity contribution in [1.82, 2.24) is 4.98 Å². The highest BCUT2D eigenvalue weighted by Gasteiger charge is 2.55. The van der Waals surface area contributed by atoms with Crippen LogP contribution in [0.2, 0.25) is 0 Å². The summed E-state index contributed by atoms with van der Waals surface area (Å²) in [4.78, 5) is 3.55. The van der Waals surface area contributed by atoms with Gasteiger partial charge < -0.3 is 4.74 Å². The molecule has 0 bridgehead atoms. The Bertz CT molecular complexity index is 348. The van der Waals surface area contributed by atoms with Gasteiger partial charge in [0.1, 0.15) is 5.75 Å². The molecule has 6 heteroatoms. The molecular formula is C9H9F4NO. The number of nitrogens with zero attached hydrogens (tertiary/aromatic N) is 1. The zero-order chi connectivity index (χ0) is 11.7. The average molecular weight is 223 g/mol. The third-order valence-corrected chi connectivity index (χ3v) is 1.61. The maximum atomic E-state index is 12.7. The Kier molecular flexibility index (Phi) is 2.88. The summed E-state index contributed by atoms with van der Waals surface area (Å²) in [5, 5.41) is 0. The van der Waals surface area contributed by atoms with Crippen LogP contribution in [0.3, 0.4) is 0 Å². The van der Waals surface area contributed by atoms with Crippen LogP contribution in [0.15, 0.2) is 18.5 Å². The fourth-order valence-electron chi connectivity index (χ4n) is 0.821. The number of hydrogen-bond acceptors (Lipinski definition) is 2. The highest BCUT2D eigenvalue weighted by atomic mass is 19.3. The van der Waals surface area contributed by atoms with Crippen LogP contribution < -0.4 is 4.74 Å². The van der Waals surface area contributed by atoms with Crippen molar-refractivity contribution in [2.24, 2.45) is 0 Å². The van der Waals surface area contributed by atoms with E-state index in [0.29, 0.717) is 5.56 Å². The smallest absolute Gasteiger partial charge is 0.426 e. The number of aromatic nitrogens is 1. The van der Waals surface area contributed by atoms with Gasteiger partial charge in [-0.3, -0.25) is 4.98 Å². The lowest BCUT2D eigenvalue weighted by Gasteiger charge is -2.23. The molecule has 0 saturated carbocycles. The number of hydrogen-bond donors (Lipinski definition) is 0. The summed E-state index contributed by atoms with van der Waals surface area (Å²) < 4.78 is 54.2. The maximum Gasteiger partial charge on any atom is 0.464 e. The van der Waals surface area contributed by atoms with Crippen molar-refractivity contribution in [3.63, 3.8) is 0 Å². The van der Waals surface area contributed by atoms with E-state index in [0.717, 1.165) is 6.20 Å². The first-order valence-electron chi connectivity index (χ1n) is 4.09. The zero-order valence-corrected chi connectivity index (χ0v) is 8.10. The molecule has 0 N–H and O–H groups in total. The van der Waals surface area contributed by atoms with Gasteiger partial charge in [0.05, 0.1) is 6.20 Å². The molecule has 0 aromatic carbocycles. The molecule has 0 atom stereocenters. The summed E-state index contributed by atoms with van der Waals surface area (Å²) in [6.45, 7) is 1.68. The van der Waals surface area contributed by atoms with E-state index in [2.05, 4.69) is 9.72 Å². The van der Waals surface area contributed by atoms with Crippen molar-refractivity contribution in [2.75, 3.05) is 0 Å². The number of alkyl halides is 4. The predicted octanol–water partition coefficient (Wildman–Crippen LogP) is 3.02. The topological polar surface area (TPSA) is 22.1 Å². The largest absolute Gasteiger partial charge is 0.464 e. The van der Waals surface area contributed by atoms with Crippen molar-refractivity contribution in [3.8, 4) is 5.75 Å². The lowest BCUT2D eigenvalue weighted by molar-refractivity contribution is -0.301. The van der Waals surface area contributed by atoms with Crippen LogP contribution >= 0.6 is 0 Å². The summed E-state index contributed by atoms with van der Waals surface area (Å²) in [7, 11) is 0. The van der Waals surface area contributed by atoms with E-state index in [1.807, 2.05) is 0 Å². The van der Waals surface area contributed by atoms with E-state index in [1.54, 1.807) is 6.92 Å². The molecule has 0 aliphatic heterocycles. The molecule has 0 amide bonds. The fraction of sp³-hybridized carbons (Fsp3) is 0.444. The van der Waals surface area contributed by atoms with Crippen molar-refractivity contribution in [2.45, 2.75) is 25.9 Å². The molecule has 1 rings (SSSR count). The van der Waals surface area contributed by atoms with Crippen LogP contribution in [-0.4, -0.2) is 17.0 Å². The Balaban J connectivity index is 2.87. The molecule has 1 aromatic heterocycles. The minimum absolute atomic E-state index is 0.0935. The van der Waals surface area contributed by atoms with Gasteiger partial charge in [-0.05, 0) is 18.6 Å². The van der Waals surface area contributed by atoms with Gasteiger partial charge in [-0.1, -0.05) is 0 Å². The Morgan fingerprint density at radius 3 is 2.27 bits per heavy atom. The second-order valence-electron chi connectivity index (χ2n) is 3.21. The normalized spacial score (nSPS) is 12.7. The molecule has 0 unspecified atom stereocenters. The molecule has 0 saturated heterocycles. The third-order valence-electron chi connectivity index (χ3n) is 1.61. The summed E-state index contributed by atoms with van der Waals surface area (Å²) in [6.07, 6.45) is -2.19. The fourth-order valence-corrected chi connectivity index (χ4v) is 0.821. The highest BCUT2D eigenvalue weighted by Crippen LogP contribution is 2.35. The summed E-state index contributed by atoms with van der Waals surface area (Å²) in [5.74, 6) is -4.63. The standard InChI is InChI=1S/C9H9F4NO/c1-6-3-7(5-14-4-6)15-9(12,13)8(2,10)11/h3-5H,1-2H3. The van der Waals surface area contributed by atoms with Crippen molar-refractivity contribution in [1.29, 1.82) is 0 Å². The SMILES string of the molecule is Cc1cncc(OC(F)(F)C(C)(F)F)c1. The Labute approximate surface area is 83.9 Å². The first kappa shape index (κ1) is 11.7. The molecule has 0 radical (unpaired) electrons. The van der Waals surface area contributed by atoms with E-state index in [9.17, 15) is 17.6 Å². The Hall–Kier alpha value is -1.33. The number of aryl methyl sites for hydroxylation is 1. The molecule has 0 aliphatic rings. The van der Waals surface area contributed by atoms with Crippen LogP contribution in [0.1, 0.15) is 12.5 Å². The molecule has 0 aliphatic carbocycles. The molecule has 15 heavy (non-hydrogen) atoms. The summed E-state index contributed by atoms with van der Waals surface area (Å²) >= 11 is 0. The number of halogens is 4. The minimum Gasteiger partial charge on any atom is -0.426 e. The van der Waals surface area contributed by atoms with Gasteiger partial charge in [0.25, 0.3) is 0 Å². The number of pyridine rings is 1. The second kappa shape index (κ2) is 3.67. The predicted molar refractivity (Wildman–Crippen MR) is 45.2 cm³/mol. The Morgan fingerprint density at radius 2 is 1.80 bits per heavy atom. The molecule has 1 heterocycles. The maximum absolute atomic E-state index is 12.7. The quantitative estimate of drug-likeness (QED) is 0.735. The van der Waals surface area contributed by atoms with Crippen molar-refractivity contribution in [3.05, 3.63) is 24.0 Å². The summed E-state index contributed by atoms with van der Waals surface area (Å²) in [5.41, 5.74) is 0.544. The van der Waals surface area contributed by atoms with Gasteiger partial charge in [-0.2, -0.15) is 17.6 Å². The van der Waals surface area contributed by atoms with Crippen LogP contribution in [0.4, 0.5) is 17.6 Å². The first-order valence-corrected chi connectivity index (χ1v) is 4.09. The van der Waals surface area contributed by atoms with E-state index in [4.69, 9.17) is 0 Å². The summed E-state index contributed by atoms with van der Waals surface area (Å²) in [6, 6.07) is 1.20. The third kappa shape index (κ3) is 2.81. The van der Waals surface area contributed by atoms with E-state index < -0.39 is 12.0 Å². The average Bonchev–Trinajstić information content (AvgIpc) is 2.00. The minimum atomic E-state index is -4.54. The van der Waals surface area contributed by atoms with Gasteiger partial charge in [0.2, 0.25) is 0 Å². The van der Waals surface area contributed by atoms with Gasteiger partial charge in [-0.25, -0.2) is 0 Å². The lowest BCUT2D eigenvalue weighted by Crippen LogP contribution is -2.42. The van der Waals surface area contributed by atoms with Gasteiger partial charge in [0, 0.05) is 13.1 Å². The van der Waals surface area contributed by atoms with Gasteiger partial charge in [0.15, 0.2) is 0 Å². The Morgan fingerprint density at radius 1 is 1.20 bits per heavy atom. The number of ether oxygens (including phenoxy) is 1. The molecule has 2 nitrogen and oxygen atoms in total. The van der Waals surface area contributed by atoms with Crippen molar-refractivity contribution < 1.29 is 22.3 Å². The van der Waals surface area contributed by atoms with Gasteiger partial charge >= 0.3 is 12.0 Å². The molecule has 0 fully saturated rings. The molecule has 84 valence electrons. The molecule has 1 aromatic rings. The van der Waals surface area contributed by atoms with E-state index in [-0.39, 0.29) is 12.7 Å². The lowest BCUT2D eigenvalue weighted by atomic mass is 10.3. The first-order chi connectivity index (χ1) is 6.72. The monoisotopic (exact) mass is 223 g/mol. The zero-order valence-electron chi connectivity index (χ0n) is 8.10. The van der Waals surface area contributed by atoms with Crippen molar-refractivity contribution >= 4 is 0 Å². The van der Waals surface area contributed by atoms with Crippen LogP contribution in [0, 0.1) is 6.92 Å². The van der Waals surface area contributed by atoms with Crippen LogP contribution in [-0.2, 0) is 0 Å². The van der Waals surface area contributed by atoms with Crippen LogP contribution in [0.5, 0.6) is 5.75 Å². The van der Waals surface area contributed by atoms with Gasteiger partial charge in [-0.15, -0.1) is 0 Å². The van der Waals surface area contributed by atoms with Crippen LogP contribution in [0.25, 0.3) is 0 Å². The van der Waals surface area contributed by atoms with E-state index in [1.165, 1.54) is 12.3 Å². The second-order valence-corrected chi connectivity index (χ2v) is 3.21.